The van der Waals surface area contributed by atoms with Gasteiger partial charge in [0.25, 0.3) is 0 Å². The van der Waals surface area contributed by atoms with E-state index in [1.165, 1.54) is 19.3 Å². The Hall–Kier alpha value is -1.35. The highest BCUT2D eigenvalue weighted by atomic mass is 16.5. The Morgan fingerprint density at radius 3 is 2.67 bits per heavy atom. The van der Waals surface area contributed by atoms with Gasteiger partial charge in [0.05, 0.1) is 6.10 Å². The molecule has 2 aliphatic carbocycles. The number of Topliss-reactive ketones (excluding diaryl/α,β-unsaturated/α-hetero) is 1. The van der Waals surface area contributed by atoms with E-state index in [4.69, 9.17) is 10.5 Å². The molecule has 2 fully saturated rings. The Balaban J connectivity index is 1.68. The van der Waals surface area contributed by atoms with Crippen LogP contribution in [0.4, 0.5) is 0 Å². The number of benzene rings is 1. The third-order valence-corrected chi connectivity index (χ3v) is 4.87. The smallest absolute Gasteiger partial charge is 0.163 e. The summed E-state index contributed by atoms with van der Waals surface area (Å²) in [5.74, 6) is 1.04. The van der Waals surface area contributed by atoms with E-state index in [-0.39, 0.29) is 11.2 Å². The van der Waals surface area contributed by atoms with Crippen molar-refractivity contribution in [3.05, 3.63) is 29.8 Å². The number of rotatable bonds is 6. The number of nitrogens with two attached hydrogens (primary N) is 1. The maximum absolute atomic E-state index is 12.6. The zero-order valence-electron chi connectivity index (χ0n) is 12.6. The van der Waals surface area contributed by atoms with Gasteiger partial charge in [0.1, 0.15) is 5.75 Å². The molecule has 0 aliphatic heterocycles. The SMILES string of the molecule is NCC1(CC(=O)c2cccc(OC3CC3)c2)CCCCC1. The molecule has 114 valence electrons. The Bertz CT molecular complexity index is 502. The highest BCUT2D eigenvalue weighted by Crippen LogP contribution is 2.39. The average molecular weight is 287 g/mol. The van der Waals surface area contributed by atoms with Gasteiger partial charge in [-0.2, -0.15) is 0 Å². The second-order valence-corrected chi connectivity index (χ2v) is 6.71. The lowest BCUT2D eigenvalue weighted by Gasteiger charge is -2.35. The largest absolute Gasteiger partial charge is 0.490 e. The molecule has 3 heteroatoms. The maximum atomic E-state index is 12.6. The Morgan fingerprint density at radius 1 is 1.24 bits per heavy atom. The third kappa shape index (κ3) is 3.65. The molecule has 2 aliphatic rings. The van der Waals surface area contributed by atoms with Gasteiger partial charge in [0.15, 0.2) is 5.78 Å². The zero-order chi connectivity index (χ0) is 14.7. The molecular weight excluding hydrogens is 262 g/mol. The van der Waals surface area contributed by atoms with Crippen LogP contribution in [0.2, 0.25) is 0 Å². The molecule has 1 aromatic carbocycles. The number of hydrogen-bond acceptors (Lipinski definition) is 3. The first-order valence-corrected chi connectivity index (χ1v) is 8.21. The summed E-state index contributed by atoms with van der Waals surface area (Å²) in [6.07, 6.45) is 9.08. The van der Waals surface area contributed by atoms with Gasteiger partial charge in [-0.1, -0.05) is 31.4 Å². The van der Waals surface area contributed by atoms with Gasteiger partial charge < -0.3 is 10.5 Å². The molecule has 0 saturated heterocycles. The minimum absolute atomic E-state index is 0.0304. The molecule has 0 bridgehead atoms. The van der Waals surface area contributed by atoms with Crippen LogP contribution in [-0.4, -0.2) is 18.4 Å². The molecule has 2 N–H and O–H groups in total. The summed E-state index contributed by atoms with van der Waals surface area (Å²) in [7, 11) is 0. The van der Waals surface area contributed by atoms with Crippen LogP contribution in [0.1, 0.15) is 61.7 Å². The van der Waals surface area contributed by atoms with Crippen molar-refractivity contribution in [3.63, 3.8) is 0 Å². The van der Waals surface area contributed by atoms with E-state index in [9.17, 15) is 4.79 Å². The van der Waals surface area contributed by atoms with Gasteiger partial charge in [-0.25, -0.2) is 0 Å². The first-order valence-electron chi connectivity index (χ1n) is 8.21. The monoisotopic (exact) mass is 287 g/mol. The fourth-order valence-corrected chi connectivity index (χ4v) is 3.32. The van der Waals surface area contributed by atoms with E-state index >= 15 is 0 Å². The summed E-state index contributed by atoms with van der Waals surface area (Å²) >= 11 is 0. The molecule has 1 aromatic rings. The minimum Gasteiger partial charge on any atom is -0.490 e. The van der Waals surface area contributed by atoms with E-state index in [0.717, 1.165) is 37.0 Å². The van der Waals surface area contributed by atoms with E-state index in [1.807, 2.05) is 24.3 Å². The first kappa shape index (κ1) is 14.6. The van der Waals surface area contributed by atoms with Crippen LogP contribution in [0, 0.1) is 5.41 Å². The van der Waals surface area contributed by atoms with Crippen LogP contribution in [0.25, 0.3) is 0 Å². The quantitative estimate of drug-likeness (QED) is 0.811. The molecule has 0 unspecified atom stereocenters. The zero-order valence-corrected chi connectivity index (χ0v) is 12.6. The van der Waals surface area contributed by atoms with Crippen LogP contribution in [-0.2, 0) is 0 Å². The predicted molar refractivity (Wildman–Crippen MR) is 83.6 cm³/mol. The summed E-state index contributed by atoms with van der Waals surface area (Å²) in [4.78, 5) is 12.6. The van der Waals surface area contributed by atoms with Crippen molar-refractivity contribution in [1.82, 2.24) is 0 Å². The van der Waals surface area contributed by atoms with Crippen LogP contribution < -0.4 is 10.5 Å². The van der Waals surface area contributed by atoms with Gasteiger partial charge >= 0.3 is 0 Å². The molecule has 0 amide bonds. The lowest BCUT2D eigenvalue weighted by atomic mass is 9.70. The maximum Gasteiger partial charge on any atom is 0.163 e. The molecule has 0 spiro atoms. The van der Waals surface area contributed by atoms with Gasteiger partial charge in [0, 0.05) is 12.0 Å². The second-order valence-electron chi connectivity index (χ2n) is 6.71. The highest BCUT2D eigenvalue weighted by molar-refractivity contribution is 5.96. The van der Waals surface area contributed by atoms with Crippen LogP contribution in [0.5, 0.6) is 5.75 Å². The topological polar surface area (TPSA) is 52.3 Å². The number of carbonyl (C=O) groups excluding carboxylic acids is 1. The van der Waals surface area contributed by atoms with Crippen molar-refractivity contribution in [2.75, 3.05) is 6.54 Å². The minimum atomic E-state index is 0.0304. The summed E-state index contributed by atoms with van der Waals surface area (Å²) in [6.45, 7) is 0.622. The molecule has 3 nitrogen and oxygen atoms in total. The van der Waals surface area contributed by atoms with E-state index in [2.05, 4.69) is 0 Å². The molecule has 2 saturated carbocycles. The van der Waals surface area contributed by atoms with Gasteiger partial charge in [-0.05, 0) is 49.8 Å². The fourth-order valence-electron chi connectivity index (χ4n) is 3.32. The van der Waals surface area contributed by atoms with E-state index < -0.39 is 0 Å². The van der Waals surface area contributed by atoms with Crippen LogP contribution in [0.3, 0.4) is 0 Å². The molecule has 0 atom stereocenters. The summed E-state index contributed by atoms with van der Waals surface area (Å²) < 4.78 is 5.78. The lowest BCUT2D eigenvalue weighted by molar-refractivity contribution is 0.0867. The Morgan fingerprint density at radius 2 is 2.00 bits per heavy atom. The van der Waals surface area contributed by atoms with Gasteiger partial charge in [-0.15, -0.1) is 0 Å². The molecule has 21 heavy (non-hydrogen) atoms. The van der Waals surface area contributed by atoms with Crippen molar-refractivity contribution in [2.45, 2.75) is 57.5 Å². The number of ketones is 1. The predicted octanol–water partition coefficient (Wildman–Crippen LogP) is 3.71. The summed E-state index contributed by atoms with van der Waals surface area (Å²) in [6, 6.07) is 7.65. The van der Waals surface area contributed by atoms with E-state index in [0.29, 0.717) is 19.1 Å². The fraction of sp³-hybridized carbons (Fsp3) is 0.611. The molecule has 3 rings (SSSR count). The highest BCUT2D eigenvalue weighted by Gasteiger charge is 2.33. The van der Waals surface area contributed by atoms with Crippen LogP contribution in [0.15, 0.2) is 24.3 Å². The normalized spacial score (nSPS) is 21.0. The number of carbonyl (C=O) groups is 1. The van der Waals surface area contributed by atoms with Crippen LogP contribution >= 0.6 is 0 Å². The molecular formula is C18H25NO2. The van der Waals surface area contributed by atoms with Gasteiger partial charge in [-0.3, -0.25) is 4.79 Å². The van der Waals surface area contributed by atoms with Crippen molar-refractivity contribution >= 4 is 5.78 Å². The third-order valence-electron chi connectivity index (χ3n) is 4.87. The summed E-state index contributed by atoms with van der Waals surface area (Å²) in [5.41, 5.74) is 6.79. The molecule has 0 heterocycles. The molecule has 0 radical (unpaired) electrons. The van der Waals surface area contributed by atoms with Crippen molar-refractivity contribution < 1.29 is 9.53 Å². The second kappa shape index (κ2) is 6.18. The lowest BCUT2D eigenvalue weighted by Crippen LogP contribution is -2.35. The van der Waals surface area contributed by atoms with E-state index in [1.54, 1.807) is 0 Å². The van der Waals surface area contributed by atoms with Crippen molar-refractivity contribution in [3.8, 4) is 5.75 Å². The Labute approximate surface area is 126 Å². The van der Waals surface area contributed by atoms with Crippen molar-refractivity contribution in [1.29, 1.82) is 0 Å². The first-order chi connectivity index (χ1) is 10.2. The standard InChI is InChI=1S/C18H25NO2/c19-13-18(9-2-1-3-10-18)12-17(20)14-5-4-6-16(11-14)21-15-7-8-15/h4-6,11,15H,1-3,7-10,12-13,19H2. The van der Waals surface area contributed by atoms with Gasteiger partial charge in [0.2, 0.25) is 0 Å². The number of ether oxygens (including phenoxy) is 1. The average Bonchev–Trinajstić information content (AvgIpc) is 3.32. The van der Waals surface area contributed by atoms with Crippen molar-refractivity contribution in [2.24, 2.45) is 11.1 Å². The molecule has 0 aromatic heterocycles. The number of hydrogen-bond donors (Lipinski definition) is 1. The summed E-state index contributed by atoms with van der Waals surface area (Å²) in [5, 5.41) is 0. The Kier molecular flexibility index (Phi) is 4.29.